The van der Waals surface area contributed by atoms with E-state index in [2.05, 4.69) is 17.4 Å². The van der Waals surface area contributed by atoms with Gasteiger partial charge in [0.2, 0.25) is 0 Å². The van der Waals surface area contributed by atoms with Crippen molar-refractivity contribution in [1.29, 1.82) is 0 Å². The summed E-state index contributed by atoms with van der Waals surface area (Å²) < 4.78 is 5.26. The molecule has 0 amide bonds. The van der Waals surface area contributed by atoms with Crippen LogP contribution in [0, 0.1) is 5.92 Å². The molecule has 1 aromatic rings. The molecule has 0 saturated heterocycles. The van der Waals surface area contributed by atoms with Crippen molar-refractivity contribution in [2.45, 2.75) is 31.3 Å². The van der Waals surface area contributed by atoms with Crippen molar-refractivity contribution in [3.8, 4) is 5.75 Å². The molecule has 1 saturated carbocycles. The highest BCUT2D eigenvalue weighted by molar-refractivity contribution is 5.58. The summed E-state index contributed by atoms with van der Waals surface area (Å²) in [7, 11) is 1.70. The van der Waals surface area contributed by atoms with Gasteiger partial charge in [-0.25, -0.2) is 0 Å². The van der Waals surface area contributed by atoms with Gasteiger partial charge in [-0.1, -0.05) is 6.42 Å². The predicted molar refractivity (Wildman–Crippen MR) is 64.7 cm³/mol. The molecular weight excluding hydrogens is 200 g/mol. The van der Waals surface area contributed by atoms with Crippen molar-refractivity contribution in [3.63, 3.8) is 0 Å². The lowest BCUT2D eigenvalue weighted by molar-refractivity contribution is 0.392. The van der Waals surface area contributed by atoms with Gasteiger partial charge in [0.1, 0.15) is 5.75 Å². The fourth-order valence-corrected chi connectivity index (χ4v) is 3.10. The Morgan fingerprint density at radius 1 is 1.38 bits per heavy atom. The third-order valence-electron chi connectivity index (χ3n) is 3.99. The third kappa shape index (κ3) is 1.39. The molecule has 1 aliphatic heterocycles. The Balaban J connectivity index is 2.01. The SMILES string of the molecule is COc1ccc2c(c1)C(N)C1CCCC1N2. The van der Waals surface area contributed by atoms with Crippen LogP contribution in [-0.4, -0.2) is 13.2 Å². The summed E-state index contributed by atoms with van der Waals surface area (Å²) in [6, 6.07) is 6.90. The molecular formula is C13H18N2O. The van der Waals surface area contributed by atoms with Crippen LogP contribution >= 0.6 is 0 Å². The smallest absolute Gasteiger partial charge is 0.119 e. The molecule has 1 aliphatic carbocycles. The zero-order chi connectivity index (χ0) is 11.1. The van der Waals surface area contributed by atoms with E-state index in [1.54, 1.807) is 7.11 Å². The molecule has 3 heteroatoms. The van der Waals surface area contributed by atoms with Crippen molar-refractivity contribution >= 4 is 5.69 Å². The highest BCUT2D eigenvalue weighted by Gasteiger charge is 2.37. The van der Waals surface area contributed by atoms with Crippen LogP contribution in [0.25, 0.3) is 0 Å². The molecule has 1 aromatic carbocycles. The van der Waals surface area contributed by atoms with Gasteiger partial charge in [0.25, 0.3) is 0 Å². The number of nitrogens with two attached hydrogens (primary N) is 1. The monoisotopic (exact) mass is 218 g/mol. The van der Waals surface area contributed by atoms with Crippen LogP contribution in [-0.2, 0) is 0 Å². The van der Waals surface area contributed by atoms with Crippen molar-refractivity contribution in [2.24, 2.45) is 11.7 Å². The summed E-state index contributed by atoms with van der Waals surface area (Å²) in [5, 5.41) is 3.61. The number of hydrogen-bond acceptors (Lipinski definition) is 3. The first kappa shape index (κ1) is 9.97. The molecule has 0 bridgehead atoms. The van der Waals surface area contributed by atoms with Crippen LogP contribution < -0.4 is 15.8 Å². The van der Waals surface area contributed by atoms with Crippen molar-refractivity contribution in [2.75, 3.05) is 12.4 Å². The normalized spacial score (nSPS) is 31.5. The molecule has 3 unspecified atom stereocenters. The molecule has 2 aliphatic rings. The van der Waals surface area contributed by atoms with E-state index in [9.17, 15) is 0 Å². The quantitative estimate of drug-likeness (QED) is 0.760. The van der Waals surface area contributed by atoms with Crippen LogP contribution in [0.15, 0.2) is 18.2 Å². The predicted octanol–water partition coefficient (Wildman–Crippen LogP) is 2.29. The van der Waals surface area contributed by atoms with Crippen LogP contribution in [0.3, 0.4) is 0 Å². The van der Waals surface area contributed by atoms with Gasteiger partial charge in [-0.05, 0) is 42.5 Å². The molecule has 3 nitrogen and oxygen atoms in total. The Labute approximate surface area is 96.0 Å². The van der Waals surface area contributed by atoms with Crippen LogP contribution in [0.5, 0.6) is 5.75 Å². The number of nitrogens with one attached hydrogen (secondary N) is 1. The molecule has 0 spiro atoms. The Hall–Kier alpha value is -1.22. The summed E-state index contributed by atoms with van der Waals surface area (Å²) in [5.74, 6) is 1.49. The molecule has 86 valence electrons. The fourth-order valence-electron chi connectivity index (χ4n) is 3.10. The second-order valence-corrected chi connectivity index (χ2v) is 4.82. The van der Waals surface area contributed by atoms with E-state index in [-0.39, 0.29) is 6.04 Å². The Kier molecular flexibility index (Phi) is 2.28. The number of fused-ring (bicyclic) bond motifs is 2. The maximum Gasteiger partial charge on any atom is 0.119 e. The van der Waals surface area contributed by atoms with Crippen LogP contribution in [0.1, 0.15) is 30.9 Å². The van der Waals surface area contributed by atoms with Gasteiger partial charge in [0.15, 0.2) is 0 Å². The van der Waals surface area contributed by atoms with Crippen molar-refractivity contribution in [3.05, 3.63) is 23.8 Å². The van der Waals surface area contributed by atoms with Crippen LogP contribution in [0.2, 0.25) is 0 Å². The number of rotatable bonds is 1. The Bertz CT molecular complexity index is 405. The van der Waals surface area contributed by atoms with E-state index in [1.165, 1.54) is 30.5 Å². The largest absolute Gasteiger partial charge is 0.497 e. The minimum atomic E-state index is 0.166. The van der Waals surface area contributed by atoms with Crippen molar-refractivity contribution < 1.29 is 4.74 Å². The zero-order valence-electron chi connectivity index (χ0n) is 9.57. The fraction of sp³-hybridized carbons (Fsp3) is 0.538. The lowest BCUT2D eigenvalue weighted by atomic mass is 9.85. The van der Waals surface area contributed by atoms with Crippen LogP contribution in [0.4, 0.5) is 5.69 Å². The number of methoxy groups -OCH3 is 1. The van der Waals surface area contributed by atoms with E-state index in [4.69, 9.17) is 10.5 Å². The third-order valence-corrected chi connectivity index (χ3v) is 3.99. The summed E-state index contributed by atoms with van der Waals surface area (Å²) in [6.45, 7) is 0. The summed E-state index contributed by atoms with van der Waals surface area (Å²) in [6.07, 6.45) is 3.79. The van der Waals surface area contributed by atoms with E-state index in [0.29, 0.717) is 12.0 Å². The van der Waals surface area contributed by atoms with Gasteiger partial charge in [0.05, 0.1) is 7.11 Å². The van der Waals surface area contributed by atoms with Gasteiger partial charge in [0, 0.05) is 17.8 Å². The van der Waals surface area contributed by atoms with Crippen molar-refractivity contribution in [1.82, 2.24) is 0 Å². The van der Waals surface area contributed by atoms with Gasteiger partial charge < -0.3 is 15.8 Å². The summed E-state index contributed by atoms with van der Waals surface area (Å²) >= 11 is 0. The number of anilines is 1. The molecule has 0 aromatic heterocycles. The number of benzene rings is 1. The van der Waals surface area contributed by atoms with E-state index in [0.717, 1.165) is 5.75 Å². The van der Waals surface area contributed by atoms with Gasteiger partial charge in [-0.15, -0.1) is 0 Å². The molecule has 3 atom stereocenters. The first-order valence-electron chi connectivity index (χ1n) is 5.99. The molecule has 0 radical (unpaired) electrons. The van der Waals surface area contributed by atoms with E-state index >= 15 is 0 Å². The minimum absolute atomic E-state index is 0.166. The molecule has 1 heterocycles. The minimum Gasteiger partial charge on any atom is -0.497 e. The average Bonchev–Trinajstić information content (AvgIpc) is 2.77. The standard InChI is InChI=1S/C13H18N2O/c1-16-8-5-6-12-10(7-8)13(14)9-3-2-4-11(9)15-12/h5-7,9,11,13,15H,2-4,14H2,1H3. The zero-order valence-corrected chi connectivity index (χ0v) is 9.57. The Morgan fingerprint density at radius 2 is 2.25 bits per heavy atom. The average molecular weight is 218 g/mol. The first-order valence-corrected chi connectivity index (χ1v) is 5.99. The second-order valence-electron chi connectivity index (χ2n) is 4.82. The van der Waals surface area contributed by atoms with Gasteiger partial charge in [-0.2, -0.15) is 0 Å². The summed E-state index contributed by atoms with van der Waals surface area (Å²) in [5.41, 5.74) is 8.76. The highest BCUT2D eigenvalue weighted by Crippen LogP contribution is 2.43. The molecule has 3 N–H and O–H groups in total. The Morgan fingerprint density at radius 3 is 3.06 bits per heavy atom. The topological polar surface area (TPSA) is 47.3 Å². The van der Waals surface area contributed by atoms with E-state index in [1.807, 2.05) is 6.07 Å². The lowest BCUT2D eigenvalue weighted by Crippen LogP contribution is -2.37. The maximum atomic E-state index is 6.36. The molecule has 1 fully saturated rings. The number of hydrogen-bond donors (Lipinski definition) is 2. The molecule has 3 rings (SSSR count). The maximum absolute atomic E-state index is 6.36. The first-order chi connectivity index (χ1) is 7.79. The van der Waals surface area contributed by atoms with Gasteiger partial charge in [-0.3, -0.25) is 0 Å². The summed E-state index contributed by atoms with van der Waals surface area (Å²) in [4.78, 5) is 0. The second kappa shape index (κ2) is 3.67. The molecule has 16 heavy (non-hydrogen) atoms. The van der Waals surface area contributed by atoms with Gasteiger partial charge >= 0.3 is 0 Å². The number of ether oxygens (including phenoxy) is 1. The lowest BCUT2D eigenvalue weighted by Gasteiger charge is -2.35. The van der Waals surface area contributed by atoms with E-state index < -0.39 is 0 Å². The highest BCUT2D eigenvalue weighted by atomic mass is 16.5.